The van der Waals surface area contributed by atoms with E-state index < -0.39 is 8.32 Å². The zero-order valence-corrected chi connectivity index (χ0v) is 11.9. The summed E-state index contributed by atoms with van der Waals surface area (Å²) in [6.45, 7) is 6.80. The predicted octanol–water partition coefficient (Wildman–Crippen LogP) is 3.50. The van der Waals surface area contributed by atoms with E-state index in [1.807, 2.05) is 30.3 Å². The summed E-state index contributed by atoms with van der Waals surface area (Å²) < 4.78 is 16.2. The Kier molecular flexibility index (Phi) is 5.09. The molecule has 3 nitrogen and oxygen atoms in total. The molecule has 17 heavy (non-hydrogen) atoms. The third-order valence-corrected chi connectivity index (χ3v) is 2.69. The Hall–Kier alpha value is -1.42. The summed E-state index contributed by atoms with van der Waals surface area (Å²) >= 11 is 0. The van der Waals surface area contributed by atoms with E-state index in [0.29, 0.717) is 12.6 Å². The summed E-state index contributed by atoms with van der Waals surface area (Å²) in [7, 11) is -0.0626. The van der Waals surface area contributed by atoms with Gasteiger partial charge in [-0.1, -0.05) is 30.3 Å². The van der Waals surface area contributed by atoms with Gasteiger partial charge in [0.05, 0.1) is 7.11 Å². The van der Waals surface area contributed by atoms with Gasteiger partial charge in [-0.15, -0.1) is 0 Å². The Morgan fingerprint density at radius 2 is 1.82 bits per heavy atom. The molecule has 0 unspecified atom stereocenters. The molecule has 0 aliphatic carbocycles. The molecule has 1 aromatic carbocycles. The molecular weight excluding hydrogens is 232 g/mol. The van der Waals surface area contributed by atoms with Gasteiger partial charge in [0.1, 0.15) is 6.61 Å². The van der Waals surface area contributed by atoms with Gasteiger partial charge in [-0.05, 0) is 25.2 Å². The molecule has 0 bridgehead atoms. The molecule has 0 heterocycles. The number of hydrogen-bond donors (Lipinski definition) is 0. The SMILES string of the molecule is CO/C(=C/OCc1ccccc1)O[Si](C)(C)C. The maximum absolute atomic E-state index is 5.68. The zero-order valence-electron chi connectivity index (χ0n) is 10.9. The summed E-state index contributed by atoms with van der Waals surface area (Å²) in [5, 5.41) is 0. The van der Waals surface area contributed by atoms with Gasteiger partial charge in [-0.2, -0.15) is 0 Å². The van der Waals surface area contributed by atoms with Crippen molar-refractivity contribution >= 4 is 8.32 Å². The lowest BCUT2D eigenvalue weighted by atomic mass is 10.2. The van der Waals surface area contributed by atoms with E-state index >= 15 is 0 Å². The minimum atomic E-state index is -1.64. The molecule has 0 aliphatic heterocycles. The Labute approximate surface area is 104 Å². The van der Waals surface area contributed by atoms with Crippen LogP contribution in [-0.4, -0.2) is 15.4 Å². The molecule has 4 heteroatoms. The molecule has 0 aliphatic rings. The first-order chi connectivity index (χ1) is 8.01. The minimum Gasteiger partial charge on any atom is -0.518 e. The van der Waals surface area contributed by atoms with Gasteiger partial charge in [0.25, 0.3) is 0 Å². The van der Waals surface area contributed by atoms with Gasteiger partial charge in [0.2, 0.25) is 8.32 Å². The van der Waals surface area contributed by atoms with Crippen LogP contribution in [0.5, 0.6) is 0 Å². The highest BCUT2D eigenvalue weighted by molar-refractivity contribution is 6.69. The van der Waals surface area contributed by atoms with E-state index in [9.17, 15) is 0 Å². The van der Waals surface area contributed by atoms with Crippen molar-refractivity contribution in [1.82, 2.24) is 0 Å². The van der Waals surface area contributed by atoms with E-state index in [-0.39, 0.29) is 0 Å². The molecule has 1 aromatic rings. The van der Waals surface area contributed by atoms with Crippen LogP contribution in [0, 0.1) is 0 Å². The van der Waals surface area contributed by atoms with Crippen LogP contribution in [0.15, 0.2) is 42.5 Å². The molecule has 0 atom stereocenters. The Bertz CT molecular complexity index is 355. The van der Waals surface area contributed by atoms with Crippen molar-refractivity contribution in [3.05, 3.63) is 48.1 Å². The van der Waals surface area contributed by atoms with Gasteiger partial charge < -0.3 is 13.9 Å². The fourth-order valence-electron chi connectivity index (χ4n) is 1.20. The highest BCUT2D eigenvalue weighted by atomic mass is 28.4. The first-order valence-corrected chi connectivity index (χ1v) is 9.01. The number of methoxy groups -OCH3 is 1. The third kappa shape index (κ3) is 6.02. The van der Waals surface area contributed by atoms with Crippen LogP contribution in [0.1, 0.15) is 5.56 Å². The van der Waals surface area contributed by atoms with Crippen molar-refractivity contribution in [2.45, 2.75) is 26.2 Å². The molecule has 0 radical (unpaired) electrons. The van der Waals surface area contributed by atoms with Crippen LogP contribution < -0.4 is 0 Å². The summed E-state index contributed by atoms with van der Waals surface area (Å²) in [5.74, 6) is 0.445. The van der Waals surface area contributed by atoms with Gasteiger partial charge in [-0.3, -0.25) is 0 Å². The lowest BCUT2D eigenvalue weighted by Gasteiger charge is -2.19. The van der Waals surface area contributed by atoms with Crippen molar-refractivity contribution in [3.63, 3.8) is 0 Å². The minimum absolute atomic E-state index is 0.445. The smallest absolute Gasteiger partial charge is 0.301 e. The number of ether oxygens (including phenoxy) is 2. The number of rotatable bonds is 6. The molecule has 1 rings (SSSR count). The van der Waals surface area contributed by atoms with Crippen LogP contribution >= 0.6 is 0 Å². The summed E-state index contributed by atoms with van der Waals surface area (Å²) in [6.07, 6.45) is 1.53. The van der Waals surface area contributed by atoms with Crippen molar-refractivity contribution < 1.29 is 13.9 Å². The van der Waals surface area contributed by atoms with E-state index in [1.165, 1.54) is 6.26 Å². The maximum atomic E-state index is 5.68. The standard InChI is InChI=1S/C13H20O3Si/c1-14-13(16-17(2,3)4)11-15-10-12-8-6-5-7-9-12/h5-9,11H,10H2,1-4H3/b13-11-. The van der Waals surface area contributed by atoms with Crippen LogP contribution in [0.4, 0.5) is 0 Å². The summed E-state index contributed by atoms with van der Waals surface area (Å²) in [5.41, 5.74) is 1.12. The molecule has 94 valence electrons. The molecule has 0 spiro atoms. The fourth-order valence-corrected chi connectivity index (χ4v) is 1.93. The topological polar surface area (TPSA) is 27.7 Å². The van der Waals surface area contributed by atoms with Crippen LogP contribution in [0.3, 0.4) is 0 Å². The van der Waals surface area contributed by atoms with Crippen molar-refractivity contribution in [3.8, 4) is 0 Å². The molecule has 0 saturated heterocycles. The van der Waals surface area contributed by atoms with Crippen LogP contribution in [-0.2, 0) is 20.5 Å². The lowest BCUT2D eigenvalue weighted by Crippen LogP contribution is -2.25. The van der Waals surface area contributed by atoms with E-state index in [4.69, 9.17) is 13.9 Å². The van der Waals surface area contributed by atoms with Gasteiger partial charge in [0.15, 0.2) is 6.26 Å². The van der Waals surface area contributed by atoms with Gasteiger partial charge >= 0.3 is 5.95 Å². The van der Waals surface area contributed by atoms with Gasteiger partial charge in [-0.25, -0.2) is 0 Å². The first-order valence-electron chi connectivity index (χ1n) is 5.60. The summed E-state index contributed by atoms with van der Waals surface area (Å²) in [6, 6.07) is 9.98. The quantitative estimate of drug-likeness (QED) is 0.573. The van der Waals surface area contributed by atoms with Crippen molar-refractivity contribution in [1.29, 1.82) is 0 Å². The maximum Gasteiger partial charge on any atom is 0.301 e. The zero-order chi connectivity index (χ0) is 12.7. The average molecular weight is 252 g/mol. The Morgan fingerprint density at radius 3 is 2.35 bits per heavy atom. The second-order valence-electron chi connectivity index (χ2n) is 4.65. The normalized spacial score (nSPS) is 12.1. The Balaban J connectivity index is 2.46. The molecule has 0 fully saturated rings. The molecule has 0 amide bonds. The molecular formula is C13H20O3Si. The fraction of sp³-hybridized carbons (Fsp3) is 0.385. The Morgan fingerprint density at radius 1 is 1.18 bits per heavy atom. The van der Waals surface area contributed by atoms with Gasteiger partial charge in [0, 0.05) is 0 Å². The first kappa shape index (κ1) is 13.6. The van der Waals surface area contributed by atoms with Crippen molar-refractivity contribution in [2.24, 2.45) is 0 Å². The highest BCUT2D eigenvalue weighted by Crippen LogP contribution is 2.11. The second-order valence-corrected chi connectivity index (χ2v) is 9.08. The second kappa shape index (κ2) is 6.35. The van der Waals surface area contributed by atoms with E-state index in [0.717, 1.165) is 5.56 Å². The summed E-state index contributed by atoms with van der Waals surface area (Å²) in [4.78, 5) is 0. The average Bonchev–Trinajstić information content (AvgIpc) is 2.27. The molecule has 0 aromatic heterocycles. The number of benzene rings is 1. The molecule has 0 N–H and O–H groups in total. The van der Waals surface area contributed by atoms with E-state index in [2.05, 4.69) is 19.6 Å². The van der Waals surface area contributed by atoms with E-state index in [1.54, 1.807) is 7.11 Å². The van der Waals surface area contributed by atoms with Crippen LogP contribution in [0.2, 0.25) is 19.6 Å². The molecule has 0 saturated carbocycles. The lowest BCUT2D eigenvalue weighted by molar-refractivity contribution is 0.114. The third-order valence-electron chi connectivity index (χ3n) is 1.88. The predicted molar refractivity (Wildman–Crippen MR) is 70.8 cm³/mol. The van der Waals surface area contributed by atoms with Crippen molar-refractivity contribution in [2.75, 3.05) is 7.11 Å². The largest absolute Gasteiger partial charge is 0.518 e. The monoisotopic (exact) mass is 252 g/mol. The highest BCUT2D eigenvalue weighted by Gasteiger charge is 2.18. The van der Waals surface area contributed by atoms with Crippen LogP contribution in [0.25, 0.3) is 0 Å². The number of hydrogen-bond acceptors (Lipinski definition) is 3.